The summed E-state index contributed by atoms with van der Waals surface area (Å²) in [6.07, 6.45) is 0. The quantitative estimate of drug-likeness (QED) is 0.701. The molecule has 0 atom stereocenters. The fourth-order valence-corrected chi connectivity index (χ4v) is 2.70. The van der Waals surface area contributed by atoms with Crippen molar-refractivity contribution in [2.75, 3.05) is 0 Å². The highest BCUT2D eigenvalue weighted by Gasteiger charge is 2.17. The molecule has 0 heterocycles. The molecule has 0 aliphatic rings. The highest BCUT2D eigenvalue weighted by molar-refractivity contribution is 6.78. The summed E-state index contributed by atoms with van der Waals surface area (Å²) in [6.45, 7) is 2.60. The Morgan fingerprint density at radius 2 is 1.28 bits per heavy atom. The zero-order valence-electron chi connectivity index (χ0n) is 14.4. The Morgan fingerprint density at radius 3 is 1.80 bits per heavy atom. The fraction of sp³-hybridized carbons (Fsp3) is 0.100. The van der Waals surface area contributed by atoms with E-state index in [-0.39, 0.29) is 0 Å². The van der Waals surface area contributed by atoms with Gasteiger partial charge in [0.15, 0.2) is 0 Å². The van der Waals surface area contributed by atoms with Crippen LogP contribution in [0.1, 0.15) is 5.56 Å². The first kappa shape index (κ1) is 17.3. The highest BCUT2D eigenvalue weighted by atomic mass is 16.5. The maximum Gasteiger partial charge on any atom is 0.358 e. The first-order valence-corrected chi connectivity index (χ1v) is 8.33. The standard InChI is InChI=1S/C20H20B2O3/c1-15-4-3-5-18(14-15)22(24)17-8-12-20(13-9-17)25-19-10-6-16(7-11-19)21(2)23/h3-14,23-24H,1-2H3. The normalized spacial score (nSPS) is 10.4. The highest BCUT2D eigenvalue weighted by Crippen LogP contribution is 2.19. The van der Waals surface area contributed by atoms with E-state index in [0.717, 1.165) is 22.0 Å². The largest absolute Gasteiger partial charge is 0.457 e. The van der Waals surface area contributed by atoms with Crippen molar-refractivity contribution in [1.82, 2.24) is 0 Å². The average molecular weight is 330 g/mol. The van der Waals surface area contributed by atoms with E-state index >= 15 is 0 Å². The van der Waals surface area contributed by atoms with Crippen molar-refractivity contribution >= 4 is 30.2 Å². The van der Waals surface area contributed by atoms with Gasteiger partial charge >= 0.3 is 13.8 Å². The molecule has 0 unspecified atom stereocenters. The Hall–Kier alpha value is -2.49. The third-order valence-corrected chi connectivity index (χ3v) is 4.15. The van der Waals surface area contributed by atoms with Gasteiger partial charge in [0.25, 0.3) is 0 Å². The van der Waals surface area contributed by atoms with Crippen LogP contribution < -0.4 is 21.1 Å². The molecule has 0 amide bonds. The summed E-state index contributed by atoms with van der Waals surface area (Å²) in [7, 11) is 0. The van der Waals surface area contributed by atoms with Gasteiger partial charge in [-0.15, -0.1) is 0 Å². The van der Waals surface area contributed by atoms with Gasteiger partial charge in [0, 0.05) is 0 Å². The summed E-state index contributed by atoms with van der Waals surface area (Å²) in [5.74, 6) is 1.40. The lowest BCUT2D eigenvalue weighted by atomic mass is 9.56. The summed E-state index contributed by atoms with van der Waals surface area (Å²) in [5.41, 5.74) is 3.67. The molecule has 0 spiro atoms. The van der Waals surface area contributed by atoms with Crippen LogP contribution in [-0.4, -0.2) is 23.9 Å². The maximum atomic E-state index is 10.5. The van der Waals surface area contributed by atoms with E-state index in [4.69, 9.17) is 4.74 Å². The zero-order valence-corrected chi connectivity index (χ0v) is 14.4. The van der Waals surface area contributed by atoms with Crippen LogP contribution in [0, 0.1) is 6.92 Å². The lowest BCUT2D eigenvalue weighted by Gasteiger charge is -2.10. The molecule has 0 fully saturated rings. The minimum Gasteiger partial charge on any atom is -0.457 e. The Morgan fingerprint density at radius 1 is 0.720 bits per heavy atom. The molecule has 0 saturated heterocycles. The van der Waals surface area contributed by atoms with E-state index in [2.05, 4.69) is 0 Å². The van der Waals surface area contributed by atoms with Crippen LogP contribution in [0.3, 0.4) is 0 Å². The van der Waals surface area contributed by atoms with E-state index < -0.39 is 13.8 Å². The number of ether oxygens (including phenoxy) is 1. The second-order valence-corrected chi connectivity index (χ2v) is 6.23. The van der Waals surface area contributed by atoms with Gasteiger partial charge in [0.2, 0.25) is 0 Å². The Bertz CT molecular complexity index is 830. The molecule has 0 aliphatic carbocycles. The third kappa shape index (κ3) is 4.32. The minimum absolute atomic E-state index is 0.489. The number of hydrogen-bond donors (Lipinski definition) is 2. The van der Waals surface area contributed by atoms with E-state index in [0.29, 0.717) is 11.5 Å². The number of rotatable bonds is 5. The van der Waals surface area contributed by atoms with Crippen LogP contribution >= 0.6 is 0 Å². The molecule has 3 nitrogen and oxygen atoms in total. The molecule has 3 aromatic rings. The maximum absolute atomic E-state index is 10.5. The molecule has 2 N–H and O–H groups in total. The topological polar surface area (TPSA) is 49.7 Å². The lowest BCUT2D eigenvalue weighted by Crippen LogP contribution is -2.42. The van der Waals surface area contributed by atoms with Gasteiger partial charge in [0.1, 0.15) is 11.5 Å². The van der Waals surface area contributed by atoms with Crippen molar-refractivity contribution in [1.29, 1.82) is 0 Å². The number of aryl methyl sites for hydroxylation is 1. The van der Waals surface area contributed by atoms with E-state index in [1.165, 1.54) is 0 Å². The first-order chi connectivity index (χ1) is 12.0. The van der Waals surface area contributed by atoms with Crippen molar-refractivity contribution in [2.24, 2.45) is 0 Å². The van der Waals surface area contributed by atoms with Crippen molar-refractivity contribution in [2.45, 2.75) is 13.7 Å². The van der Waals surface area contributed by atoms with Gasteiger partial charge in [-0.3, -0.25) is 0 Å². The van der Waals surface area contributed by atoms with Gasteiger partial charge in [-0.05, 0) is 47.6 Å². The molecule has 3 rings (SSSR count). The van der Waals surface area contributed by atoms with Crippen molar-refractivity contribution in [3.05, 3.63) is 78.4 Å². The summed E-state index contributed by atoms with van der Waals surface area (Å²) in [4.78, 5) is 0. The second-order valence-electron chi connectivity index (χ2n) is 6.23. The van der Waals surface area contributed by atoms with Gasteiger partial charge in [0.05, 0.1) is 0 Å². The number of hydrogen-bond acceptors (Lipinski definition) is 3. The second kappa shape index (κ2) is 7.60. The Balaban J connectivity index is 1.71. The SMILES string of the molecule is CB(O)c1ccc(Oc2ccc(B(O)c3cccc(C)c3)cc2)cc1. The lowest BCUT2D eigenvalue weighted by molar-refractivity contribution is 0.483. The molecule has 5 heteroatoms. The van der Waals surface area contributed by atoms with Gasteiger partial charge in [-0.25, -0.2) is 0 Å². The van der Waals surface area contributed by atoms with Crippen LogP contribution in [0.5, 0.6) is 11.5 Å². The van der Waals surface area contributed by atoms with Crippen LogP contribution in [0.25, 0.3) is 0 Å². The van der Waals surface area contributed by atoms with Gasteiger partial charge in [-0.1, -0.05) is 60.9 Å². The number of benzene rings is 3. The molecule has 124 valence electrons. The molecule has 25 heavy (non-hydrogen) atoms. The van der Waals surface area contributed by atoms with Gasteiger partial charge < -0.3 is 14.8 Å². The van der Waals surface area contributed by atoms with E-state index in [1.54, 1.807) is 6.82 Å². The summed E-state index contributed by atoms with van der Waals surface area (Å²) >= 11 is 0. The molecule has 3 aromatic carbocycles. The molecule has 0 bridgehead atoms. The summed E-state index contributed by atoms with van der Waals surface area (Å²) < 4.78 is 5.81. The Kier molecular flexibility index (Phi) is 5.27. The third-order valence-electron chi connectivity index (χ3n) is 4.15. The molecular formula is C20H20B2O3. The molecular weight excluding hydrogens is 310 g/mol. The molecule has 0 aromatic heterocycles. The first-order valence-electron chi connectivity index (χ1n) is 8.33. The van der Waals surface area contributed by atoms with Crippen LogP contribution in [0.4, 0.5) is 0 Å². The fourth-order valence-electron chi connectivity index (χ4n) is 2.70. The smallest absolute Gasteiger partial charge is 0.358 e. The van der Waals surface area contributed by atoms with E-state index in [9.17, 15) is 10.0 Å². The van der Waals surface area contributed by atoms with Crippen LogP contribution in [-0.2, 0) is 0 Å². The molecule has 0 aliphatic heterocycles. The minimum atomic E-state index is -0.653. The van der Waals surface area contributed by atoms with Crippen LogP contribution in [0.2, 0.25) is 6.82 Å². The van der Waals surface area contributed by atoms with Crippen molar-refractivity contribution < 1.29 is 14.8 Å². The van der Waals surface area contributed by atoms with Crippen molar-refractivity contribution in [3.63, 3.8) is 0 Å². The predicted molar refractivity (Wildman–Crippen MR) is 105 cm³/mol. The van der Waals surface area contributed by atoms with Crippen LogP contribution in [0.15, 0.2) is 72.8 Å². The van der Waals surface area contributed by atoms with E-state index in [1.807, 2.05) is 79.7 Å². The molecule has 0 radical (unpaired) electrons. The van der Waals surface area contributed by atoms with Gasteiger partial charge in [-0.2, -0.15) is 0 Å². The predicted octanol–water partition coefficient (Wildman–Crippen LogP) is 1.71. The summed E-state index contributed by atoms with van der Waals surface area (Å²) in [6, 6.07) is 22.6. The monoisotopic (exact) mass is 330 g/mol. The van der Waals surface area contributed by atoms with Crippen molar-refractivity contribution in [3.8, 4) is 11.5 Å². The Labute approximate surface area is 149 Å². The molecule has 0 saturated carbocycles. The summed E-state index contributed by atoms with van der Waals surface area (Å²) in [5, 5.41) is 20.0. The zero-order chi connectivity index (χ0) is 17.8. The average Bonchev–Trinajstić information content (AvgIpc) is 2.62.